The van der Waals surface area contributed by atoms with Crippen LogP contribution in [0.25, 0.3) is 0 Å². The lowest BCUT2D eigenvalue weighted by Crippen LogP contribution is -2.42. The van der Waals surface area contributed by atoms with Crippen LogP contribution >= 0.6 is 0 Å². The number of carbonyl (C=O) groups is 1. The summed E-state index contributed by atoms with van der Waals surface area (Å²) >= 11 is 0. The van der Waals surface area contributed by atoms with Crippen molar-refractivity contribution >= 4 is 5.91 Å². The maximum Gasteiger partial charge on any atom is 0.245 e. The highest BCUT2D eigenvalue weighted by molar-refractivity contribution is 5.80. The molecule has 0 spiro atoms. The van der Waals surface area contributed by atoms with Gasteiger partial charge >= 0.3 is 0 Å². The third kappa shape index (κ3) is 4.00. The number of imidazole rings is 2. The first-order valence-corrected chi connectivity index (χ1v) is 9.76. The van der Waals surface area contributed by atoms with Crippen molar-refractivity contribution in [3.05, 3.63) is 36.4 Å². The third-order valence-electron chi connectivity index (χ3n) is 5.62. The molecule has 26 heavy (non-hydrogen) atoms. The van der Waals surface area contributed by atoms with Crippen LogP contribution < -0.4 is 0 Å². The Labute approximate surface area is 156 Å². The maximum atomic E-state index is 12.9. The molecule has 0 radical (unpaired) electrons. The normalized spacial score (nSPS) is 17.0. The third-order valence-corrected chi connectivity index (χ3v) is 5.62. The van der Waals surface area contributed by atoms with Gasteiger partial charge in [-0.3, -0.25) is 4.79 Å². The molecule has 0 aliphatic carbocycles. The first-order valence-electron chi connectivity index (χ1n) is 9.76. The lowest BCUT2D eigenvalue weighted by Gasteiger charge is -2.34. The number of nitrogens with zero attached hydrogens (tertiary/aromatic N) is 5. The largest absolute Gasteiger partial charge is 0.341 e. The smallest absolute Gasteiger partial charge is 0.245 e. The highest BCUT2D eigenvalue weighted by Gasteiger charge is 2.28. The highest BCUT2D eigenvalue weighted by Crippen LogP contribution is 2.25. The number of hydrogen-bond acceptors (Lipinski definition) is 3. The molecule has 3 heterocycles. The number of amides is 1. The van der Waals surface area contributed by atoms with Gasteiger partial charge in [0.05, 0.1) is 0 Å². The fraction of sp³-hybridized carbons (Fsp3) is 0.650. The predicted molar refractivity (Wildman–Crippen MR) is 102 cm³/mol. The summed E-state index contributed by atoms with van der Waals surface area (Å²) in [5.41, 5.74) is 0. The second kappa shape index (κ2) is 8.06. The molecular weight excluding hydrogens is 326 g/mol. The Bertz CT molecular complexity index is 724. The van der Waals surface area contributed by atoms with E-state index in [1.54, 1.807) is 6.20 Å². The molecule has 2 aromatic heterocycles. The summed E-state index contributed by atoms with van der Waals surface area (Å²) in [4.78, 5) is 23.7. The van der Waals surface area contributed by atoms with Crippen LogP contribution in [0.5, 0.6) is 0 Å². The Morgan fingerprint density at radius 3 is 2.46 bits per heavy atom. The Morgan fingerprint density at radius 1 is 1.15 bits per heavy atom. The van der Waals surface area contributed by atoms with Gasteiger partial charge in [-0.15, -0.1) is 0 Å². The monoisotopic (exact) mass is 357 g/mol. The molecule has 1 saturated heterocycles. The van der Waals surface area contributed by atoms with Gasteiger partial charge in [-0.1, -0.05) is 13.8 Å². The van der Waals surface area contributed by atoms with Gasteiger partial charge in [0, 0.05) is 50.3 Å². The summed E-state index contributed by atoms with van der Waals surface area (Å²) in [5, 5.41) is 0. The SMILES string of the molecule is Cc1nccn1CCC1CCN(C(=O)[C@@H](C)n2ccnc2C(C)C)CC1. The van der Waals surface area contributed by atoms with Gasteiger partial charge in [0.25, 0.3) is 0 Å². The summed E-state index contributed by atoms with van der Waals surface area (Å²) < 4.78 is 4.24. The van der Waals surface area contributed by atoms with E-state index in [0.29, 0.717) is 11.8 Å². The zero-order valence-electron chi connectivity index (χ0n) is 16.4. The topological polar surface area (TPSA) is 56.0 Å². The molecule has 1 fully saturated rings. The van der Waals surface area contributed by atoms with Crippen LogP contribution in [0.1, 0.15) is 63.6 Å². The number of piperidine rings is 1. The summed E-state index contributed by atoms with van der Waals surface area (Å²) in [6.07, 6.45) is 11.0. The van der Waals surface area contributed by atoms with E-state index in [1.807, 2.05) is 41.9 Å². The Balaban J connectivity index is 1.51. The van der Waals surface area contributed by atoms with Crippen molar-refractivity contribution in [1.82, 2.24) is 24.0 Å². The second-order valence-electron chi connectivity index (χ2n) is 7.75. The van der Waals surface area contributed by atoms with Gasteiger partial charge in [-0.25, -0.2) is 9.97 Å². The van der Waals surface area contributed by atoms with Gasteiger partial charge in [-0.05, 0) is 39.0 Å². The highest BCUT2D eigenvalue weighted by atomic mass is 16.2. The van der Waals surface area contributed by atoms with Crippen molar-refractivity contribution in [2.75, 3.05) is 13.1 Å². The van der Waals surface area contributed by atoms with Gasteiger partial charge in [-0.2, -0.15) is 0 Å². The molecule has 0 unspecified atom stereocenters. The zero-order valence-corrected chi connectivity index (χ0v) is 16.4. The van der Waals surface area contributed by atoms with Crippen LogP contribution in [0.4, 0.5) is 0 Å². The van der Waals surface area contributed by atoms with E-state index in [2.05, 4.69) is 28.4 Å². The summed E-state index contributed by atoms with van der Waals surface area (Å²) in [5.74, 6) is 3.28. The van der Waals surface area contributed by atoms with E-state index in [0.717, 1.165) is 50.5 Å². The van der Waals surface area contributed by atoms with E-state index in [9.17, 15) is 4.79 Å². The molecule has 1 aliphatic heterocycles. The predicted octanol–water partition coefficient (Wildman–Crippen LogP) is 3.40. The molecule has 1 atom stereocenters. The van der Waals surface area contributed by atoms with Crippen molar-refractivity contribution in [3.8, 4) is 0 Å². The Kier molecular flexibility index (Phi) is 5.79. The van der Waals surface area contributed by atoms with Crippen molar-refractivity contribution in [2.45, 2.75) is 65.5 Å². The van der Waals surface area contributed by atoms with Gasteiger partial charge in [0.2, 0.25) is 5.91 Å². The van der Waals surface area contributed by atoms with Crippen LogP contribution in [-0.4, -0.2) is 43.0 Å². The number of aromatic nitrogens is 4. The minimum absolute atomic E-state index is 0.181. The summed E-state index contributed by atoms with van der Waals surface area (Å²) in [7, 11) is 0. The quantitative estimate of drug-likeness (QED) is 0.796. The molecule has 3 rings (SSSR count). The molecule has 0 N–H and O–H groups in total. The number of carbonyl (C=O) groups excluding carboxylic acids is 1. The lowest BCUT2D eigenvalue weighted by atomic mass is 9.93. The molecule has 0 aromatic carbocycles. The fourth-order valence-electron chi connectivity index (χ4n) is 3.89. The lowest BCUT2D eigenvalue weighted by molar-refractivity contribution is -0.135. The van der Waals surface area contributed by atoms with E-state index in [4.69, 9.17) is 0 Å². The van der Waals surface area contributed by atoms with Crippen molar-refractivity contribution in [3.63, 3.8) is 0 Å². The van der Waals surface area contributed by atoms with E-state index in [-0.39, 0.29) is 11.9 Å². The van der Waals surface area contributed by atoms with Crippen LogP contribution in [-0.2, 0) is 11.3 Å². The standard InChI is InChI=1S/C20H31N5O/c1-15(2)19-22-9-14-25(19)16(3)20(26)24-11-6-18(7-12-24)5-10-23-13-8-21-17(23)4/h8-9,13-16,18H,5-7,10-12H2,1-4H3/t16-/m1/s1. The molecule has 1 amide bonds. The van der Waals surface area contributed by atoms with Crippen LogP contribution in [0.3, 0.4) is 0 Å². The molecule has 6 heteroatoms. The molecule has 1 aliphatic rings. The number of aryl methyl sites for hydroxylation is 2. The van der Waals surface area contributed by atoms with Gasteiger partial charge in [0.1, 0.15) is 17.7 Å². The fourth-order valence-corrected chi connectivity index (χ4v) is 3.89. The molecule has 142 valence electrons. The molecule has 0 bridgehead atoms. The summed E-state index contributed by atoms with van der Waals surface area (Å²) in [6, 6.07) is -0.181. The van der Waals surface area contributed by atoms with E-state index >= 15 is 0 Å². The number of rotatable bonds is 6. The van der Waals surface area contributed by atoms with E-state index in [1.165, 1.54) is 0 Å². The maximum absolute atomic E-state index is 12.9. The van der Waals surface area contributed by atoms with Crippen molar-refractivity contribution < 1.29 is 4.79 Å². The zero-order chi connectivity index (χ0) is 18.7. The second-order valence-corrected chi connectivity index (χ2v) is 7.75. The number of hydrogen-bond donors (Lipinski definition) is 0. The summed E-state index contributed by atoms with van der Waals surface area (Å²) in [6.45, 7) is 11.0. The average Bonchev–Trinajstić information content (AvgIpc) is 3.28. The Hall–Kier alpha value is -2.11. The molecular formula is C20H31N5O. The first kappa shape index (κ1) is 18.7. The van der Waals surface area contributed by atoms with Crippen LogP contribution in [0.15, 0.2) is 24.8 Å². The minimum atomic E-state index is -0.181. The Morgan fingerprint density at radius 2 is 1.85 bits per heavy atom. The van der Waals surface area contributed by atoms with Crippen LogP contribution in [0, 0.1) is 12.8 Å². The van der Waals surface area contributed by atoms with Crippen molar-refractivity contribution in [1.29, 1.82) is 0 Å². The molecule has 0 saturated carbocycles. The van der Waals surface area contributed by atoms with Crippen molar-refractivity contribution in [2.24, 2.45) is 5.92 Å². The molecule has 6 nitrogen and oxygen atoms in total. The van der Waals surface area contributed by atoms with Crippen LogP contribution in [0.2, 0.25) is 0 Å². The van der Waals surface area contributed by atoms with E-state index < -0.39 is 0 Å². The molecule has 2 aromatic rings. The average molecular weight is 358 g/mol. The van der Waals surface area contributed by atoms with Gasteiger partial charge < -0.3 is 14.0 Å². The van der Waals surface area contributed by atoms with Gasteiger partial charge in [0.15, 0.2) is 0 Å². The number of likely N-dealkylation sites (tertiary alicyclic amines) is 1. The minimum Gasteiger partial charge on any atom is -0.341 e. The first-order chi connectivity index (χ1) is 12.5.